The number of carbonyl (C=O) groups excluding carboxylic acids is 1. The number of hydrogen-bond acceptors (Lipinski definition) is 5. The Labute approximate surface area is 155 Å². The summed E-state index contributed by atoms with van der Waals surface area (Å²) >= 11 is 0. The minimum atomic E-state index is -3.59. The molecule has 3 unspecified atom stereocenters. The molecule has 2 saturated heterocycles. The third-order valence-electron chi connectivity index (χ3n) is 5.03. The summed E-state index contributed by atoms with van der Waals surface area (Å²) in [7, 11) is -3.59. The summed E-state index contributed by atoms with van der Waals surface area (Å²) < 4.78 is 32.8. The van der Waals surface area contributed by atoms with E-state index in [2.05, 4.69) is 0 Å². The average molecular weight is 381 g/mol. The van der Waals surface area contributed by atoms with Crippen molar-refractivity contribution in [3.63, 3.8) is 0 Å². The summed E-state index contributed by atoms with van der Waals surface area (Å²) in [6.07, 6.45) is 0.641. The fourth-order valence-electron chi connectivity index (χ4n) is 3.64. The Bertz CT molecular complexity index is 740. The Balaban J connectivity index is 1.73. The SMILES string of the molecule is CC1CN(S(=O)(=O)c2ccc(C(=O)N3CCC(CN)C3)cc2)CC(C)O1. The van der Waals surface area contributed by atoms with Crippen LogP contribution in [0.15, 0.2) is 29.2 Å². The molecule has 0 radical (unpaired) electrons. The van der Waals surface area contributed by atoms with Crippen molar-refractivity contribution in [1.82, 2.24) is 9.21 Å². The number of rotatable bonds is 4. The highest BCUT2D eigenvalue weighted by atomic mass is 32.2. The van der Waals surface area contributed by atoms with Crippen molar-refractivity contribution in [2.24, 2.45) is 11.7 Å². The van der Waals surface area contributed by atoms with Gasteiger partial charge in [-0.15, -0.1) is 0 Å². The quantitative estimate of drug-likeness (QED) is 0.837. The zero-order chi connectivity index (χ0) is 18.9. The molecule has 26 heavy (non-hydrogen) atoms. The first-order chi connectivity index (χ1) is 12.3. The van der Waals surface area contributed by atoms with E-state index >= 15 is 0 Å². The second-order valence-electron chi connectivity index (χ2n) is 7.25. The summed E-state index contributed by atoms with van der Waals surface area (Å²) in [4.78, 5) is 14.6. The van der Waals surface area contributed by atoms with Crippen LogP contribution in [0.4, 0.5) is 0 Å². The number of amides is 1. The number of ether oxygens (including phenoxy) is 1. The van der Waals surface area contributed by atoms with Gasteiger partial charge in [-0.25, -0.2) is 8.42 Å². The van der Waals surface area contributed by atoms with Crippen molar-refractivity contribution < 1.29 is 17.9 Å². The highest BCUT2D eigenvalue weighted by molar-refractivity contribution is 7.89. The van der Waals surface area contributed by atoms with Crippen LogP contribution in [0.1, 0.15) is 30.6 Å². The number of nitrogens with zero attached hydrogens (tertiary/aromatic N) is 2. The van der Waals surface area contributed by atoms with Crippen LogP contribution < -0.4 is 5.73 Å². The van der Waals surface area contributed by atoms with Crippen molar-refractivity contribution >= 4 is 15.9 Å². The topological polar surface area (TPSA) is 92.9 Å². The van der Waals surface area contributed by atoms with Gasteiger partial charge in [-0.3, -0.25) is 4.79 Å². The van der Waals surface area contributed by atoms with Crippen molar-refractivity contribution in [3.05, 3.63) is 29.8 Å². The summed E-state index contributed by atoms with van der Waals surface area (Å²) in [5.74, 6) is 0.280. The standard InChI is InChI=1S/C18H27N3O4S/c1-13-10-21(11-14(2)25-13)26(23,24)17-5-3-16(4-6-17)18(22)20-8-7-15(9-19)12-20/h3-6,13-15H,7-12,19H2,1-2H3. The molecule has 1 amide bonds. The lowest BCUT2D eigenvalue weighted by molar-refractivity contribution is -0.0440. The lowest BCUT2D eigenvalue weighted by atomic mass is 10.1. The molecule has 2 fully saturated rings. The monoisotopic (exact) mass is 381 g/mol. The molecule has 0 aliphatic carbocycles. The summed E-state index contributed by atoms with van der Waals surface area (Å²) in [5.41, 5.74) is 6.18. The highest BCUT2D eigenvalue weighted by Crippen LogP contribution is 2.23. The predicted octanol–water partition coefficient (Wildman–Crippen LogP) is 0.905. The van der Waals surface area contributed by atoms with Crippen molar-refractivity contribution in [3.8, 4) is 0 Å². The molecule has 3 rings (SSSR count). The van der Waals surface area contributed by atoms with E-state index in [1.165, 1.54) is 16.4 Å². The first-order valence-corrected chi connectivity index (χ1v) is 10.5. The molecule has 0 spiro atoms. The Kier molecular flexibility index (Phi) is 5.67. The molecule has 2 aliphatic rings. The predicted molar refractivity (Wildman–Crippen MR) is 98.3 cm³/mol. The van der Waals surface area contributed by atoms with Crippen molar-refractivity contribution in [2.45, 2.75) is 37.4 Å². The molecule has 3 atom stereocenters. The normalized spacial score (nSPS) is 27.7. The van der Waals surface area contributed by atoms with Gasteiger partial charge >= 0.3 is 0 Å². The third kappa shape index (κ3) is 3.93. The zero-order valence-electron chi connectivity index (χ0n) is 15.3. The van der Waals surface area contributed by atoms with Crippen molar-refractivity contribution in [1.29, 1.82) is 0 Å². The van der Waals surface area contributed by atoms with E-state index in [1.54, 1.807) is 17.0 Å². The van der Waals surface area contributed by atoms with E-state index in [0.29, 0.717) is 44.2 Å². The molecule has 1 aromatic carbocycles. The Morgan fingerprint density at radius 1 is 1.15 bits per heavy atom. The molecule has 2 N–H and O–H groups in total. The van der Waals surface area contributed by atoms with Gasteiger partial charge in [0.05, 0.1) is 17.1 Å². The van der Waals surface area contributed by atoms with Crippen LogP contribution in [0.2, 0.25) is 0 Å². The molecule has 7 nitrogen and oxygen atoms in total. The Morgan fingerprint density at radius 2 is 1.77 bits per heavy atom. The lowest BCUT2D eigenvalue weighted by Crippen LogP contribution is -2.48. The molecular weight excluding hydrogens is 354 g/mol. The first kappa shape index (κ1) is 19.3. The second kappa shape index (κ2) is 7.64. The smallest absolute Gasteiger partial charge is 0.253 e. The van der Waals surface area contributed by atoms with Crippen LogP contribution >= 0.6 is 0 Å². The number of benzene rings is 1. The molecule has 0 bridgehead atoms. The third-order valence-corrected chi connectivity index (χ3v) is 6.88. The van der Waals surface area contributed by atoms with Crippen LogP contribution in [0.3, 0.4) is 0 Å². The van der Waals surface area contributed by atoms with E-state index in [0.717, 1.165) is 6.42 Å². The van der Waals surface area contributed by atoms with Crippen LogP contribution in [0, 0.1) is 5.92 Å². The maximum atomic E-state index is 12.9. The summed E-state index contributed by atoms with van der Waals surface area (Å²) in [5, 5.41) is 0. The molecule has 0 saturated carbocycles. The molecule has 0 aromatic heterocycles. The molecule has 1 aromatic rings. The van der Waals surface area contributed by atoms with E-state index in [4.69, 9.17) is 10.5 Å². The molecule has 2 heterocycles. The van der Waals surface area contributed by atoms with Crippen LogP contribution in [-0.4, -0.2) is 68.5 Å². The number of morpholine rings is 1. The Hall–Kier alpha value is -1.48. The Morgan fingerprint density at radius 3 is 2.31 bits per heavy atom. The fraction of sp³-hybridized carbons (Fsp3) is 0.611. The zero-order valence-corrected chi connectivity index (χ0v) is 16.1. The van der Waals surface area contributed by atoms with Gasteiger partial charge in [-0.1, -0.05) is 0 Å². The lowest BCUT2D eigenvalue weighted by Gasteiger charge is -2.34. The number of likely N-dealkylation sites (tertiary alicyclic amines) is 1. The van der Waals surface area contributed by atoms with Gasteiger partial charge in [0.2, 0.25) is 10.0 Å². The van der Waals surface area contributed by atoms with Crippen LogP contribution in [0.5, 0.6) is 0 Å². The fourth-order valence-corrected chi connectivity index (χ4v) is 5.23. The maximum Gasteiger partial charge on any atom is 0.253 e. The second-order valence-corrected chi connectivity index (χ2v) is 9.18. The maximum absolute atomic E-state index is 12.9. The minimum Gasteiger partial charge on any atom is -0.373 e. The molecule has 144 valence electrons. The van der Waals surface area contributed by atoms with Gasteiger partial charge in [0, 0.05) is 31.7 Å². The number of nitrogens with two attached hydrogens (primary N) is 1. The van der Waals surface area contributed by atoms with Crippen molar-refractivity contribution in [2.75, 3.05) is 32.7 Å². The minimum absolute atomic E-state index is 0.0708. The summed E-state index contributed by atoms with van der Waals surface area (Å²) in [6.45, 7) is 6.35. The molecule has 8 heteroatoms. The van der Waals surface area contributed by atoms with Gasteiger partial charge in [-0.2, -0.15) is 4.31 Å². The van der Waals surface area contributed by atoms with Gasteiger partial charge in [0.1, 0.15) is 0 Å². The first-order valence-electron chi connectivity index (χ1n) is 9.06. The highest BCUT2D eigenvalue weighted by Gasteiger charge is 2.32. The van der Waals surface area contributed by atoms with Gasteiger partial charge in [0.25, 0.3) is 5.91 Å². The van der Waals surface area contributed by atoms with E-state index < -0.39 is 10.0 Å². The van der Waals surface area contributed by atoms with E-state index in [9.17, 15) is 13.2 Å². The number of sulfonamides is 1. The van der Waals surface area contributed by atoms with E-state index in [-0.39, 0.29) is 23.0 Å². The van der Waals surface area contributed by atoms with Crippen LogP contribution in [0.25, 0.3) is 0 Å². The number of carbonyl (C=O) groups is 1. The van der Waals surface area contributed by atoms with Gasteiger partial charge < -0.3 is 15.4 Å². The summed E-state index contributed by atoms with van der Waals surface area (Å²) in [6, 6.07) is 6.23. The average Bonchev–Trinajstić information content (AvgIpc) is 3.09. The molecule has 2 aliphatic heterocycles. The van der Waals surface area contributed by atoms with Crippen LogP contribution in [-0.2, 0) is 14.8 Å². The van der Waals surface area contributed by atoms with Gasteiger partial charge in [-0.05, 0) is 57.0 Å². The largest absolute Gasteiger partial charge is 0.373 e. The van der Waals surface area contributed by atoms with E-state index in [1.807, 2.05) is 13.8 Å². The molecular formula is C18H27N3O4S. The van der Waals surface area contributed by atoms with Gasteiger partial charge in [0.15, 0.2) is 0 Å². The number of hydrogen-bond donors (Lipinski definition) is 1.